The lowest BCUT2D eigenvalue weighted by molar-refractivity contribution is 0.195. The van der Waals surface area contributed by atoms with Crippen LogP contribution in [0.15, 0.2) is 23.2 Å². The molecule has 0 aliphatic rings. The molecule has 2 N–H and O–H groups in total. The Kier molecular flexibility index (Phi) is 11.2. The number of benzene rings is 1. The van der Waals surface area contributed by atoms with Gasteiger partial charge in [-0.15, -0.1) is 24.0 Å². The van der Waals surface area contributed by atoms with E-state index < -0.39 is 0 Å². The fourth-order valence-corrected chi connectivity index (χ4v) is 1.67. The second-order valence-corrected chi connectivity index (χ2v) is 4.55. The average molecular weight is 409 g/mol. The van der Waals surface area contributed by atoms with Gasteiger partial charge < -0.3 is 15.4 Å². The van der Waals surface area contributed by atoms with Gasteiger partial charge >= 0.3 is 0 Å². The van der Waals surface area contributed by atoms with E-state index in [1.807, 2.05) is 13.0 Å². The number of halogens is 2. The summed E-state index contributed by atoms with van der Waals surface area (Å²) in [6.07, 6.45) is 0.917. The van der Waals surface area contributed by atoms with Crippen molar-refractivity contribution >= 4 is 29.9 Å². The van der Waals surface area contributed by atoms with Crippen molar-refractivity contribution in [1.82, 2.24) is 10.6 Å². The molecule has 1 aromatic carbocycles. The average Bonchev–Trinajstić information content (AvgIpc) is 2.44. The summed E-state index contributed by atoms with van der Waals surface area (Å²) in [6, 6.07) is 5.21. The van der Waals surface area contributed by atoms with Crippen molar-refractivity contribution < 1.29 is 9.13 Å². The SMILES string of the molecule is CCNC(=NCc1ccc(C)c(F)c1)NCCCOC.I. The minimum absolute atomic E-state index is 0. The molecule has 0 unspecified atom stereocenters. The summed E-state index contributed by atoms with van der Waals surface area (Å²) in [4.78, 5) is 4.44. The van der Waals surface area contributed by atoms with Gasteiger partial charge in [-0.25, -0.2) is 9.38 Å². The van der Waals surface area contributed by atoms with Gasteiger partial charge in [0.25, 0.3) is 0 Å². The van der Waals surface area contributed by atoms with Crippen LogP contribution in [0.3, 0.4) is 0 Å². The standard InChI is InChI=1S/C15H24FN3O.HI/c1-4-17-15(18-8-5-9-20-3)19-11-13-7-6-12(2)14(16)10-13;/h6-7,10H,4-5,8-9,11H2,1-3H3,(H2,17,18,19);1H. The van der Waals surface area contributed by atoms with Gasteiger partial charge in [0.1, 0.15) is 5.82 Å². The topological polar surface area (TPSA) is 45.7 Å². The molecule has 6 heteroatoms. The molecule has 0 aliphatic heterocycles. The lowest BCUT2D eigenvalue weighted by Crippen LogP contribution is -2.38. The largest absolute Gasteiger partial charge is 0.385 e. The van der Waals surface area contributed by atoms with E-state index in [-0.39, 0.29) is 29.8 Å². The molecule has 0 heterocycles. The van der Waals surface area contributed by atoms with Crippen LogP contribution < -0.4 is 10.6 Å². The zero-order valence-electron chi connectivity index (χ0n) is 12.9. The quantitative estimate of drug-likeness (QED) is 0.315. The van der Waals surface area contributed by atoms with Crippen molar-refractivity contribution in [2.24, 2.45) is 4.99 Å². The van der Waals surface area contributed by atoms with Crippen LogP contribution in [-0.4, -0.2) is 32.8 Å². The Bertz CT molecular complexity index is 441. The van der Waals surface area contributed by atoms with E-state index in [4.69, 9.17) is 4.74 Å². The third-order valence-electron chi connectivity index (χ3n) is 2.82. The summed E-state index contributed by atoms with van der Waals surface area (Å²) < 4.78 is 18.4. The Morgan fingerprint density at radius 2 is 2.10 bits per heavy atom. The second-order valence-electron chi connectivity index (χ2n) is 4.55. The summed E-state index contributed by atoms with van der Waals surface area (Å²) in [5.41, 5.74) is 1.52. The number of aryl methyl sites for hydroxylation is 1. The highest BCUT2D eigenvalue weighted by molar-refractivity contribution is 14.0. The molecule has 21 heavy (non-hydrogen) atoms. The smallest absolute Gasteiger partial charge is 0.191 e. The van der Waals surface area contributed by atoms with Gasteiger partial charge in [-0.2, -0.15) is 0 Å². The summed E-state index contributed by atoms with van der Waals surface area (Å²) >= 11 is 0. The van der Waals surface area contributed by atoms with Crippen LogP contribution in [0.25, 0.3) is 0 Å². The maximum Gasteiger partial charge on any atom is 0.191 e. The van der Waals surface area contributed by atoms with Crippen LogP contribution in [0.1, 0.15) is 24.5 Å². The van der Waals surface area contributed by atoms with Gasteiger partial charge in [0.2, 0.25) is 0 Å². The maximum absolute atomic E-state index is 13.4. The third-order valence-corrected chi connectivity index (χ3v) is 2.82. The Morgan fingerprint density at radius 1 is 1.33 bits per heavy atom. The van der Waals surface area contributed by atoms with E-state index in [0.717, 1.165) is 37.6 Å². The minimum Gasteiger partial charge on any atom is -0.385 e. The molecule has 4 nitrogen and oxygen atoms in total. The van der Waals surface area contributed by atoms with Crippen LogP contribution >= 0.6 is 24.0 Å². The highest BCUT2D eigenvalue weighted by atomic mass is 127. The van der Waals surface area contributed by atoms with Gasteiger partial charge in [-0.05, 0) is 37.5 Å². The molecule has 0 aliphatic carbocycles. The Morgan fingerprint density at radius 3 is 2.71 bits per heavy atom. The molecule has 0 spiro atoms. The molecule has 0 bridgehead atoms. The van der Waals surface area contributed by atoms with Crippen molar-refractivity contribution in [2.45, 2.75) is 26.8 Å². The highest BCUT2D eigenvalue weighted by Gasteiger charge is 2.00. The molecular weight excluding hydrogens is 384 g/mol. The first-order valence-corrected chi connectivity index (χ1v) is 6.93. The first kappa shape index (κ1) is 20.1. The molecule has 0 radical (unpaired) electrons. The van der Waals surface area contributed by atoms with Crippen molar-refractivity contribution in [3.05, 3.63) is 35.1 Å². The van der Waals surface area contributed by atoms with Crippen molar-refractivity contribution in [3.63, 3.8) is 0 Å². The summed E-state index contributed by atoms with van der Waals surface area (Å²) in [6.45, 7) is 6.52. The second kappa shape index (κ2) is 11.7. The molecule has 0 saturated heterocycles. The third kappa shape index (κ3) is 8.21. The number of nitrogens with one attached hydrogen (secondary N) is 2. The molecular formula is C15H25FIN3O. The first-order valence-electron chi connectivity index (χ1n) is 6.93. The lowest BCUT2D eigenvalue weighted by atomic mass is 10.1. The van der Waals surface area contributed by atoms with Gasteiger partial charge in [0, 0.05) is 26.8 Å². The van der Waals surface area contributed by atoms with E-state index in [1.165, 1.54) is 6.07 Å². The molecule has 0 atom stereocenters. The predicted molar refractivity (Wildman–Crippen MR) is 95.9 cm³/mol. The number of hydrogen-bond donors (Lipinski definition) is 2. The van der Waals surface area contributed by atoms with E-state index in [1.54, 1.807) is 20.1 Å². The number of aliphatic imine (C=N–C) groups is 1. The van der Waals surface area contributed by atoms with Gasteiger partial charge in [0.15, 0.2) is 5.96 Å². The zero-order chi connectivity index (χ0) is 14.8. The predicted octanol–water partition coefficient (Wildman–Crippen LogP) is 2.84. The van der Waals surface area contributed by atoms with Crippen LogP contribution in [0.5, 0.6) is 0 Å². The van der Waals surface area contributed by atoms with E-state index in [0.29, 0.717) is 12.1 Å². The lowest BCUT2D eigenvalue weighted by Gasteiger charge is -2.11. The molecule has 0 amide bonds. The van der Waals surface area contributed by atoms with Crippen LogP contribution in [0.4, 0.5) is 4.39 Å². The molecule has 0 fully saturated rings. The summed E-state index contributed by atoms with van der Waals surface area (Å²) in [5, 5.41) is 6.38. The molecule has 120 valence electrons. The number of rotatable bonds is 7. The number of methoxy groups -OCH3 is 1. The van der Waals surface area contributed by atoms with Crippen LogP contribution in [0.2, 0.25) is 0 Å². The fourth-order valence-electron chi connectivity index (χ4n) is 1.67. The monoisotopic (exact) mass is 409 g/mol. The Balaban J connectivity index is 0.00000400. The minimum atomic E-state index is -0.184. The first-order chi connectivity index (χ1) is 9.67. The molecule has 1 aromatic rings. The number of nitrogens with zero attached hydrogens (tertiary/aromatic N) is 1. The normalized spacial score (nSPS) is 11.0. The maximum atomic E-state index is 13.4. The Labute approximate surface area is 143 Å². The highest BCUT2D eigenvalue weighted by Crippen LogP contribution is 2.09. The van der Waals surface area contributed by atoms with Crippen LogP contribution in [0, 0.1) is 12.7 Å². The molecule has 0 aromatic heterocycles. The zero-order valence-corrected chi connectivity index (χ0v) is 15.2. The van der Waals surface area contributed by atoms with Crippen molar-refractivity contribution in [1.29, 1.82) is 0 Å². The van der Waals surface area contributed by atoms with Gasteiger partial charge in [0.05, 0.1) is 6.54 Å². The number of ether oxygens (including phenoxy) is 1. The number of guanidine groups is 1. The Hall–Kier alpha value is -0.890. The fraction of sp³-hybridized carbons (Fsp3) is 0.533. The van der Waals surface area contributed by atoms with Gasteiger partial charge in [-0.3, -0.25) is 0 Å². The van der Waals surface area contributed by atoms with Gasteiger partial charge in [-0.1, -0.05) is 12.1 Å². The van der Waals surface area contributed by atoms with Crippen molar-refractivity contribution in [2.75, 3.05) is 26.8 Å². The van der Waals surface area contributed by atoms with Crippen molar-refractivity contribution in [3.8, 4) is 0 Å². The van der Waals surface area contributed by atoms with E-state index >= 15 is 0 Å². The molecule has 1 rings (SSSR count). The summed E-state index contributed by atoms with van der Waals surface area (Å²) in [5.74, 6) is 0.556. The van der Waals surface area contributed by atoms with E-state index in [9.17, 15) is 4.39 Å². The number of hydrogen-bond acceptors (Lipinski definition) is 2. The van der Waals surface area contributed by atoms with Crippen LogP contribution in [-0.2, 0) is 11.3 Å². The van der Waals surface area contributed by atoms with E-state index in [2.05, 4.69) is 15.6 Å². The summed E-state index contributed by atoms with van der Waals surface area (Å²) in [7, 11) is 1.69. The molecule has 0 saturated carbocycles.